The van der Waals surface area contributed by atoms with Crippen LogP contribution in [0.3, 0.4) is 0 Å². The summed E-state index contributed by atoms with van der Waals surface area (Å²) >= 11 is 0. The number of nitrogens with zero attached hydrogens (tertiary/aromatic N) is 1. The number of fused-ring (bicyclic) bond motifs is 3. The van der Waals surface area contributed by atoms with E-state index in [4.69, 9.17) is 0 Å². The summed E-state index contributed by atoms with van der Waals surface area (Å²) in [5, 5.41) is 2.76. The first-order valence-corrected chi connectivity index (χ1v) is 9.27. The molecule has 0 aliphatic carbocycles. The molecule has 1 heterocycles. The van der Waals surface area contributed by atoms with Gasteiger partial charge in [-0.2, -0.15) is 0 Å². The van der Waals surface area contributed by atoms with Crippen molar-refractivity contribution in [3.05, 3.63) is 48.5 Å². The quantitative estimate of drug-likeness (QED) is 0.484. The summed E-state index contributed by atoms with van der Waals surface area (Å²) < 4.78 is 2.63. The number of benzene rings is 2. The van der Waals surface area contributed by atoms with Gasteiger partial charge in [0, 0.05) is 27.8 Å². The highest BCUT2D eigenvalue weighted by Crippen LogP contribution is 2.41. The third-order valence-corrected chi connectivity index (χ3v) is 5.43. The van der Waals surface area contributed by atoms with Gasteiger partial charge >= 0.3 is 0 Å². The van der Waals surface area contributed by atoms with Gasteiger partial charge in [-0.25, -0.2) is 0 Å². The molecule has 2 unspecified atom stereocenters. The van der Waals surface area contributed by atoms with Gasteiger partial charge < -0.3 is 4.57 Å². The van der Waals surface area contributed by atoms with Crippen LogP contribution in [0.15, 0.2) is 48.5 Å². The van der Waals surface area contributed by atoms with Crippen LogP contribution in [0.1, 0.15) is 54.0 Å². The lowest BCUT2D eigenvalue weighted by molar-refractivity contribution is 0.206. The lowest BCUT2D eigenvalue weighted by atomic mass is 9.79. The molecule has 0 aliphatic rings. The number of hydrogen-bond acceptors (Lipinski definition) is 0. The molecule has 1 aromatic heterocycles. The highest BCUT2D eigenvalue weighted by molar-refractivity contribution is 6.08. The molecule has 2 atom stereocenters. The van der Waals surface area contributed by atoms with Crippen LogP contribution in [0.25, 0.3) is 21.8 Å². The Morgan fingerprint density at radius 3 is 1.67 bits per heavy atom. The maximum atomic E-state index is 2.63. The van der Waals surface area contributed by atoms with Crippen LogP contribution in [-0.4, -0.2) is 4.57 Å². The average molecular weight is 322 g/mol. The van der Waals surface area contributed by atoms with E-state index in [1.807, 2.05) is 0 Å². The fourth-order valence-corrected chi connectivity index (χ4v) is 3.89. The highest BCUT2D eigenvalue weighted by atomic mass is 15.0. The summed E-state index contributed by atoms with van der Waals surface area (Å²) in [5.74, 6) is 1.29. The zero-order valence-corrected chi connectivity index (χ0v) is 16.0. The Morgan fingerprint density at radius 2 is 1.25 bits per heavy atom. The van der Waals surface area contributed by atoms with Crippen LogP contribution in [0, 0.1) is 17.3 Å². The van der Waals surface area contributed by atoms with Crippen molar-refractivity contribution in [2.24, 2.45) is 17.3 Å². The minimum Gasteiger partial charge on any atom is -0.337 e. The molecular formula is C23H31N. The smallest absolute Gasteiger partial charge is 0.0494 e. The Kier molecular flexibility index (Phi) is 4.46. The maximum Gasteiger partial charge on any atom is 0.0494 e. The molecular weight excluding hydrogens is 290 g/mol. The minimum absolute atomic E-state index is 0.306. The summed E-state index contributed by atoms with van der Waals surface area (Å²) in [7, 11) is 0. The molecule has 1 nitrogen and oxygen atoms in total. The number of hydrogen-bond donors (Lipinski definition) is 0. The molecule has 0 saturated heterocycles. The lowest BCUT2D eigenvalue weighted by Gasteiger charge is -2.35. The second-order valence-corrected chi connectivity index (χ2v) is 8.84. The Bertz CT molecular complexity index is 779. The predicted octanol–water partition coefficient (Wildman–Crippen LogP) is 7.06. The molecule has 0 N–H and O–H groups in total. The summed E-state index contributed by atoms with van der Waals surface area (Å²) in [6.45, 7) is 14.2. The molecule has 0 aliphatic heterocycles. The SMILES string of the molecule is CC(C)C(C)C(CC(C)(C)C)n1c2ccccc2c2ccccc21. The summed E-state index contributed by atoms with van der Waals surface area (Å²) in [6, 6.07) is 18.3. The van der Waals surface area contributed by atoms with E-state index >= 15 is 0 Å². The average Bonchev–Trinajstić information content (AvgIpc) is 2.85. The second-order valence-electron chi connectivity index (χ2n) is 8.84. The van der Waals surface area contributed by atoms with Gasteiger partial charge in [-0.15, -0.1) is 0 Å². The van der Waals surface area contributed by atoms with Crippen LogP contribution < -0.4 is 0 Å². The molecule has 0 fully saturated rings. The van der Waals surface area contributed by atoms with E-state index in [9.17, 15) is 0 Å². The predicted molar refractivity (Wildman–Crippen MR) is 107 cm³/mol. The van der Waals surface area contributed by atoms with Gasteiger partial charge in [0.2, 0.25) is 0 Å². The van der Waals surface area contributed by atoms with E-state index in [-0.39, 0.29) is 0 Å². The largest absolute Gasteiger partial charge is 0.337 e. The van der Waals surface area contributed by atoms with Crippen molar-refractivity contribution >= 4 is 21.8 Å². The molecule has 24 heavy (non-hydrogen) atoms. The first-order valence-electron chi connectivity index (χ1n) is 9.27. The zero-order chi connectivity index (χ0) is 17.5. The van der Waals surface area contributed by atoms with Gasteiger partial charge in [-0.05, 0) is 35.8 Å². The van der Waals surface area contributed by atoms with Gasteiger partial charge in [0.1, 0.15) is 0 Å². The molecule has 2 aromatic carbocycles. The molecule has 0 saturated carbocycles. The van der Waals surface area contributed by atoms with E-state index in [1.54, 1.807) is 0 Å². The molecule has 3 aromatic rings. The fourth-order valence-electron chi connectivity index (χ4n) is 3.89. The fraction of sp³-hybridized carbons (Fsp3) is 0.478. The summed E-state index contributed by atoms with van der Waals surface area (Å²) in [6.07, 6.45) is 1.19. The molecule has 128 valence electrons. The Labute approximate surface area is 146 Å². The van der Waals surface area contributed by atoms with E-state index in [2.05, 4.69) is 94.6 Å². The third kappa shape index (κ3) is 3.09. The van der Waals surface area contributed by atoms with Crippen LogP contribution in [-0.2, 0) is 0 Å². The lowest BCUT2D eigenvalue weighted by Crippen LogP contribution is -2.26. The Balaban J connectivity index is 2.29. The maximum absolute atomic E-state index is 2.63. The first kappa shape index (κ1) is 17.1. The van der Waals surface area contributed by atoms with E-state index in [0.29, 0.717) is 23.3 Å². The van der Waals surface area contributed by atoms with Crippen LogP contribution in [0.5, 0.6) is 0 Å². The van der Waals surface area contributed by atoms with Crippen LogP contribution in [0.2, 0.25) is 0 Å². The van der Waals surface area contributed by atoms with Crippen molar-refractivity contribution in [2.75, 3.05) is 0 Å². The summed E-state index contributed by atoms with van der Waals surface area (Å²) in [4.78, 5) is 0. The molecule has 1 heteroatoms. The van der Waals surface area contributed by atoms with Gasteiger partial charge in [0.15, 0.2) is 0 Å². The molecule has 0 amide bonds. The molecule has 3 rings (SSSR count). The summed E-state index contributed by atoms with van der Waals surface area (Å²) in [5.41, 5.74) is 3.06. The Hall–Kier alpha value is -1.76. The molecule has 0 bridgehead atoms. The van der Waals surface area contributed by atoms with Crippen molar-refractivity contribution in [3.63, 3.8) is 0 Å². The van der Waals surface area contributed by atoms with Crippen molar-refractivity contribution in [3.8, 4) is 0 Å². The topological polar surface area (TPSA) is 4.93 Å². The van der Waals surface area contributed by atoms with E-state index in [1.165, 1.54) is 28.2 Å². The second kappa shape index (κ2) is 6.27. The standard InChI is InChI=1S/C23H31N/c1-16(2)17(3)22(15-23(4,5)6)24-20-13-9-7-11-18(20)19-12-8-10-14-21(19)24/h7-14,16-17,22H,15H2,1-6H3. The van der Waals surface area contributed by atoms with Crippen molar-refractivity contribution < 1.29 is 0 Å². The minimum atomic E-state index is 0.306. The van der Waals surface area contributed by atoms with E-state index in [0.717, 1.165) is 0 Å². The van der Waals surface area contributed by atoms with Gasteiger partial charge in [0.25, 0.3) is 0 Å². The monoisotopic (exact) mass is 321 g/mol. The Morgan fingerprint density at radius 1 is 0.792 bits per heavy atom. The first-order chi connectivity index (χ1) is 11.3. The zero-order valence-electron chi connectivity index (χ0n) is 16.0. The number of aromatic nitrogens is 1. The number of rotatable bonds is 4. The van der Waals surface area contributed by atoms with Gasteiger partial charge in [0.05, 0.1) is 0 Å². The van der Waals surface area contributed by atoms with Crippen molar-refractivity contribution in [1.82, 2.24) is 4.57 Å². The van der Waals surface area contributed by atoms with Crippen molar-refractivity contribution in [2.45, 2.75) is 54.0 Å². The molecule has 0 radical (unpaired) electrons. The number of para-hydroxylation sites is 2. The van der Waals surface area contributed by atoms with Gasteiger partial charge in [-0.1, -0.05) is 77.9 Å². The third-order valence-electron chi connectivity index (χ3n) is 5.43. The highest BCUT2D eigenvalue weighted by Gasteiger charge is 2.29. The van der Waals surface area contributed by atoms with Crippen LogP contribution in [0.4, 0.5) is 0 Å². The van der Waals surface area contributed by atoms with Crippen molar-refractivity contribution in [1.29, 1.82) is 0 Å². The normalized spacial score (nSPS) is 15.3. The molecule has 0 spiro atoms. The van der Waals surface area contributed by atoms with E-state index < -0.39 is 0 Å². The van der Waals surface area contributed by atoms with Crippen LogP contribution >= 0.6 is 0 Å². The van der Waals surface area contributed by atoms with Gasteiger partial charge in [-0.3, -0.25) is 0 Å².